The first-order chi connectivity index (χ1) is 16.7. The van der Waals surface area contributed by atoms with E-state index in [9.17, 15) is 4.79 Å². The second kappa shape index (κ2) is 10.1. The topological polar surface area (TPSA) is 88.2 Å². The Bertz CT molecular complexity index is 1240. The van der Waals surface area contributed by atoms with Gasteiger partial charge in [0, 0.05) is 44.7 Å². The summed E-state index contributed by atoms with van der Waals surface area (Å²) in [6.45, 7) is 5.92. The molecule has 2 N–H and O–H groups in total. The molecule has 8 heteroatoms. The molecule has 1 aliphatic rings. The Morgan fingerprint density at radius 2 is 1.85 bits per heavy atom. The zero-order valence-corrected chi connectivity index (χ0v) is 19.4. The van der Waals surface area contributed by atoms with E-state index in [4.69, 9.17) is 9.40 Å². The third-order valence-electron chi connectivity index (χ3n) is 6.31. The molecular weight excluding hydrogens is 428 g/mol. The van der Waals surface area contributed by atoms with Crippen LogP contribution in [0.3, 0.4) is 0 Å². The van der Waals surface area contributed by atoms with Crippen molar-refractivity contribution in [3.63, 3.8) is 0 Å². The van der Waals surface area contributed by atoms with Gasteiger partial charge in [0.15, 0.2) is 5.89 Å². The highest BCUT2D eigenvalue weighted by Gasteiger charge is 2.22. The molecule has 1 fully saturated rings. The average Bonchev–Trinajstić information content (AvgIpc) is 3.43. The Kier molecular flexibility index (Phi) is 6.58. The molecule has 8 nitrogen and oxygen atoms in total. The van der Waals surface area contributed by atoms with Crippen molar-refractivity contribution in [1.29, 1.82) is 0 Å². The van der Waals surface area contributed by atoms with E-state index in [0.29, 0.717) is 30.6 Å². The van der Waals surface area contributed by atoms with Gasteiger partial charge in [-0.25, -0.2) is 9.97 Å². The number of piperidine rings is 1. The minimum Gasteiger partial charge on any atom is -0.444 e. The van der Waals surface area contributed by atoms with Crippen molar-refractivity contribution in [2.75, 3.05) is 31.5 Å². The van der Waals surface area contributed by atoms with Gasteiger partial charge >= 0.3 is 0 Å². The first-order valence-corrected chi connectivity index (χ1v) is 11.8. The van der Waals surface area contributed by atoms with Crippen molar-refractivity contribution in [3.05, 3.63) is 78.0 Å². The number of aromatic nitrogens is 3. The van der Waals surface area contributed by atoms with Crippen molar-refractivity contribution in [3.8, 4) is 0 Å². The first-order valence-electron chi connectivity index (χ1n) is 11.8. The summed E-state index contributed by atoms with van der Waals surface area (Å²) in [6.07, 6.45) is 3.83. The molecule has 0 unspecified atom stereocenters. The van der Waals surface area contributed by atoms with Crippen LogP contribution in [0.5, 0.6) is 0 Å². The van der Waals surface area contributed by atoms with Crippen LogP contribution in [0.25, 0.3) is 11.0 Å². The zero-order valence-electron chi connectivity index (χ0n) is 19.4. The van der Waals surface area contributed by atoms with Gasteiger partial charge in [-0.15, -0.1) is 0 Å². The summed E-state index contributed by atoms with van der Waals surface area (Å²) in [5.41, 5.74) is 2.74. The fourth-order valence-electron chi connectivity index (χ4n) is 4.48. The van der Waals surface area contributed by atoms with Crippen LogP contribution in [-0.2, 0) is 6.54 Å². The van der Waals surface area contributed by atoms with Crippen molar-refractivity contribution < 1.29 is 9.21 Å². The normalized spacial score (nSPS) is 15.0. The molecule has 0 aliphatic carbocycles. The number of hydrogen-bond acceptors (Lipinski definition) is 6. The molecule has 0 spiro atoms. The van der Waals surface area contributed by atoms with E-state index in [1.54, 1.807) is 6.20 Å². The Morgan fingerprint density at radius 1 is 1.09 bits per heavy atom. The van der Waals surface area contributed by atoms with Crippen LogP contribution < -0.4 is 10.6 Å². The molecule has 1 amide bonds. The van der Waals surface area contributed by atoms with Gasteiger partial charge in [0.1, 0.15) is 5.76 Å². The van der Waals surface area contributed by atoms with E-state index in [2.05, 4.69) is 31.2 Å². The van der Waals surface area contributed by atoms with Crippen LogP contribution in [0.1, 0.15) is 34.9 Å². The van der Waals surface area contributed by atoms with Crippen molar-refractivity contribution in [2.45, 2.75) is 32.4 Å². The Balaban J connectivity index is 1.16. The quantitative estimate of drug-likeness (QED) is 0.419. The molecule has 1 saturated heterocycles. The third-order valence-corrected chi connectivity index (χ3v) is 6.31. The largest absolute Gasteiger partial charge is 0.444 e. The zero-order chi connectivity index (χ0) is 23.3. The number of para-hydroxylation sites is 2. The first kappa shape index (κ1) is 22.2. The summed E-state index contributed by atoms with van der Waals surface area (Å²) < 4.78 is 7.89. The van der Waals surface area contributed by atoms with E-state index in [-0.39, 0.29) is 5.91 Å². The maximum Gasteiger partial charge on any atom is 0.251 e. The average molecular weight is 459 g/mol. The van der Waals surface area contributed by atoms with E-state index in [1.807, 2.05) is 55.5 Å². The molecule has 2 aromatic heterocycles. The molecule has 0 bridgehead atoms. The highest BCUT2D eigenvalue weighted by atomic mass is 16.4. The number of likely N-dealkylation sites (tertiary alicyclic amines) is 1. The van der Waals surface area contributed by atoms with Crippen molar-refractivity contribution in [2.24, 2.45) is 0 Å². The van der Waals surface area contributed by atoms with Gasteiger partial charge in [0.05, 0.1) is 23.8 Å². The number of hydrogen-bond donors (Lipinski definition) is 2. The number of nitrogens with zero attached hydrogens (tertiary/aromatic N) is 4. The molecule has 0 saturated carbocycles. The second-order valence-electron chi connectivity index (χ2n) is 8.74. The molecule has 2 aromatic carbocycles. The number of nitrogens with one attached hydrogen (secondary N) is 2. The highest BCUT2D eigenvalue weighted by molar-refractivity contribution is 5.94. The van der Waals surface area contributed by atoms with Crippen LogP contribution in [0.4, 0.5) is 5.95 Å². The van der Waals surface area contributed by atoms with E-state index >= 15 is 0 Å². The SMILES string of the molecule is Cc1ncc(Cn2c(NC3CCN(CCNC(=O)c4ccccc4)CC3)nc3ccccc32)o1. The molecule has 3 heterocycles. The molecule has 176 valence electrons. The van der Waals surface area contributed by atoms with Gasteiger partial charge in [-0.2, -0.15) is 0 Å². The molecule has 0 radical (unpaired) electrons. The maximum absolute atomic E-state index is 12.2. The highest BCUT2D eigenvalue weighted by Crippen LogP contribution is 2.24. The molecule has 34 heavy (non-hydrogen) atoms. The summed E-state index contributed by atoms with van der Waals surface area (Å²) in [5, 5.41) is 6.70. The minimum atomic E-state index is -0.0157. The lowest BCUT2D eigenvalue weighted by Gasteiger charge is -2.32. The van der Waals surface area contributed by atoms with Crippen LogP contribution >= 0.6 is 0 Å². The summed E-state index contributed by atoms with van der Waals surface area (Å²) in [7, 11) is 0. The van der Waals surface area contributed by atoms with Gasteiger partial charge in [0.2, 0.25) is 5.95 Å². The number of imidazole rings is 1. The smallest absolute Gasteiger partial charge is 0.251 e. The van der Waals surface area contributed by atoms with Crippen LogP contribution in [0.15, 0.2) is 65.2 Å². The number of amides is 1. The summed E-state index contributed by atoms with van der Waals surface area (Å²) >= 11 is 0. The van der Waals surface area contributed by atoms with Gasteiger partial charge < -0.3 is 24.5 Å². The second-order valence-corrected chi connectivity index (χ2v) is 8.74. The molecular formula is C26H30N6O2. The number of carbonyl (C=O) groups is 1. The molecule has 0 atom stereocenters. The number of fused-ring (bicyclic) bond motifs is 1. The lowest BCUT2D eigenvalue weighted by atomic mass is 10.1. The third kappa shape index (κ3) is 5.12. The van der Waals surface area contributed by atoms with E-state index < -0.39 is 0 Å². The van der Waals surface area contributed by atoms with E-state index in [1.165, 1.54) is 0 Å². The molecule has 1 aliphatic heterocycles. The number of oxazole rings is 1. The number of carbonyl (C=O) groups excluding carboxylic acids is 1. The standard InChI is InChI=1S/C26H30N6O2/c1-19-28-17-22(34-19)18-32-24-10-6-5-9-23(24)30-26(32)29-21-11-14-31(15-12-21)16-13-27-25(33)20-7-3-2-4-8-20/h2-10,17,21H,11-16,18H2,1H3,(H,27,33)(H,29,30). The lowest BCUT2D eigenvalue weighted by molar-refractivity contribution is 0.0946. The Hall–Kier alpha value is -3.65. The fourth-order valence-corrected chi connectivity index (χ4v) is 4.48. The Morgan fingerprint density at radius 3 is 2.62 bits per heavy atom. The van der Waals surface area contributed by atoms with Crippen LogP contribution in [-0.4, -0.2) is 57.6 Å². The molecule has 4 aromatic rings. The number of anilines is 1. The minimum absolute atomic E-state index is 0.0157. The van der Waals surface area contributed by atoms with Crippen LogP contribution in [0, 0.1) is 6.92 Å². The lowest BCUT2D eigenvalue weighted by Crippen LogP contribution is -2.43. The predicted molar refractivity (Wildman–Crippen MR) is 132 cm³/mol. The van der Waals surface area contributed by atoms with Gasteiger partial charge in [-0.05, 0) is 37.1 Å². The van der Waals surface area contributed by atoms with E-state index in [0.717, 1.165) is 55.2 Å². The fraction of sp³-hybridized carbons (Fsp3) is 0.346. The number of rotatable bonds is 8. The Labute approximate surface area is 199 Å². The summed E-state index contributed by atoms with van der Waals surface area (Å²) in [4.78, 5) is 23.7. The monoisotopic (exact) mass is 458 g/mol. The predicted octanol–water partition coefficient (Wildman–Crippen LogP) is 3.69. The number of benzene rings is 2. The van der Waals surface area contributed by atoms with Gasteiger partial charge in [0.25, 0.3) is 5.91 Å². The molecule has 5 rings (SSSR count). The summed E-state index contributed by atoms with van der Waals surface area (Å²) in [5.74, 6) is 2.33. The van der Waals surface area contributed by atoms with Gasteiger partial charge in [-0.1, -0.05) is 30.3 Å². The van der Waals surface area contributed by atoms with Crippen molar-refractivity contribution >= 4 is 22.9 Å². The number of aryl methyl sites for hydroxylation is 1. The summed E-state index contributed by atoms with van der Waals surface area (Å²) in [6, 6.07) is 17.9. The van der Waals surface area contributed by atoms with Crippen molar-refractivity contribution in [1.82, 2.24) is 24.8 Å². The van der Waals surface area contributed by atoms with Crippen LogP contribution in [0.2, 0.25) is 0 Å². The van der Waals surface area contributed by atoms with Gasteiger partial charge in [-0.3, -0.25) is 4.79 Å². The maximum atomic E-state index is 12.2.